The first-order valence-corrected chi connectivity index (χ1v) is 11.6. The summed E-state index contributed by atoms with van der Waals surface area (Å²) in [5, 5.41) is 11.3. The Morgan fingerprint density at radius 2 is 1.88 bits per heavy atom. The second kappa shape index (κ2) is 9.09. The quantitative estimate of drug-likeness (QED) is 0.605. The topological polar surface area (TPSA) is 89.1 Å². The van der Waals surface area contributed by atoms with Gasteiger partial charge in [0.1, 0.15) is 11.9 Å². The summed E-state index contributed by atoms with van der Waals surface area (Å²) in [7, 11) is 0. The molecule has 33 heavy (non-hydrogen) atoms. The van der Waals surface area contributed by atoms with Crippen LogP contribution in [0.4, 0.5) is 0 Å². The molecule has 1 aromatic carbocycles. The zero-order valence-corrected chi connectivity index (χ0v) is 20.4. The van der Waals surface area contributed by atoms with Gasteiger partial charge in [0.2, 0.25) is 11.8 Å². The molecule has 3 aromatic rings. The first-order chi connectivity index (χ1) is 15.6. The molecule has 0 saturated heterocycles. The molecule has 0 radical (unpaired) electrons. The molecule has 0 bridgehead atoms. The normalized spacial score (nSPS) is 15.5. The second-order valence-electron chi connectivity index (χ2n) is 10.3. The summed E-state index contributed by atoms with van der Waals surface area (Å²) in [6.07, 6.45) is 0. The maximum Gasteiger partial charge on any atom is 0.272 e. The molecule has 8 heteroatoms. The third kappa shape index (κ3) is 5.00. The van der Waals surface area contributed by atoms with E-state index in [2.05, 4.69) is 38.8 Å². The van der Waals surface area contributed by atoms with Crippen LogP contribution in [0.15, 0.2) is 34.7 Å². The van der Waals surface area contributed by atoms with Crippen LogP contribution >= 0.6 is 0 Å². The molecule has 1 N–H and O–H groups in total. The van der Waals surface area contributed by atoms with Gasteiger partial charge in [-0.25, -0.2) is 4.98 Å². The fraction of sp³-hybridized carbons (Fsp3) is 0.520. The molecule has 1 aliphatic heterocycles. The smallest absolute Gasteiger partial charge is 0.272 e. The average Bonchev–Trinajstić information content (AvgIpc) is 3.34. The zero-order chi connectivity index (χ0) is 23.8. The minimum absolute atomic E-state index is 0.219. The fourth-order valence-electron chi connectivity index (χ4n) is 4.36. The Morgan fingerprint density at radius 1 is 1.15 bits per heavy atom. The Morgan fingerprint density at radius 3 is 2.48 bits per heavy atom. The Kier molecular flexibility index (Phi) is 6.38. The molecule has 3 heterocycles. The second-order valence-corrected chi connectivity index (χ2v) is 10.3. The van der Waals surface area contributed by atoms with E-state index in [-0.39, 0.29) is 11.3 Å². The van der Waals surface area contributed by atoms with Gasteiger partial charge >= 0.3 is 0 Å². The standard InChI is InChI=1S/C25H34N6O2/c1-16(2)14-30-12-13-31-19(15-30)20(26-22(31)18-10-8-7-9-11-18)23(32)27-21(25(4,5)6)24-29-28-17(3)33-24/h7-11,16,21H,12-15H2,1-6H3,(H,27,32)/t21-/m1/s1. The maximum atomic E-state index is 13.6. The van der Waals surface area contributed by atoms with Crippen molar-refractivity contribution in [3.63, 3.8) is 0 Å². The predicted molar refractivity (Wildman–Crippen MR) is 126 cm³/mol. The number of amides is 1. The average molecular weight is 451 g/mol. The Balaban J connectivity index is 1.71. The number of aromatic nitrogens is 4. The van der Waals surface area contributed by atoms with E-state index >= 15 is 0 Å². The molecule has 0 fully saturated rings. The number of hydrogen-bond acceptors (Lipinski definition) is 6. The summed E-state index contributed by atoms with van der Waals surface area (Å²) in [4.78, 5) is 20.9. The highest BCUT2D eigenvalue weighted by Crippen LogP contribution is 2.33. The van der Waals surface area contributed by atoms with Crippen LogP contribution in [-0.2, 0) is 13.1 Å². The first-order valence-electron chi connectivity index (χ1n) is 11.6. The van der Waals surface area contributed by atoms with Gasteiger partial charge in [0.25, 0.3) is 5.91 Å². The lowest BCUT2D eigenvalue weighted by Crippen LogP contribution is -2.39. The van der Waals surface area contributed by atoms with Gasteiger partial charge < -0.3 is 14.3 Å². The van der Waals surface area contributed by atoms with Gasteiger partial charge in [-0.15, -0.1) is 10.2 Å². The molecular formula is C25H34N6O2. The molecule has 8 nitrogen and oxygen atoms in total. The molecule has 2 aromatic heterocycles. The van der Waals surface area contributed by atoms with Crippen LogP contribution in [0.2, 0.25) is 0 Å². The highest BCUT2D eigenvalue weighted by molar-refractivity contribution is 5.94. The third-order valence-corrected chi connectivity index (χ3v) is 5.89. The van der Waals surface area contributed by atoms with Crippen LogP contribution in [0.25, 0.3) is 11.4 Å². The fourth-order valence-corrected chi connectivity index (χ4v) is 4.36. The largest absolute Gasteiger partial charge is 0.423 e. The van der Waals surface area contributed by atoms with Crippen molar-refractivity contribution in [1.82, 2.24) is 30.0 Å². The Labute approximate surface area is 195 Å². The minimum Gasteiger partial charge on any atom is -0.423 e. The summed E-state index contributed by atoms with van der Waals surface area (Å²) in [6, 6.07) is 9.63. The van der Waals surface area contributed by atoms with E-state index in [1.165, 1.54) is 0 Å². The minimum atomic E-state index is -0.431. The van der Waals surface area contributed by atoms with Gasteiger partial charge in [0.15, 0.2) is 5.69 Å². The van der Waals surface area contributed by atoms with E-state index in [1.807, 2.05) is 51.1 Å². The van der Waals surface area contributed by atoms with E-state index in [0.717, 1.165) is 36.7 Å². The summed E-state index contributed by atoms with van der Waals surface area (Å²) >= 11 is 0. The molecule has 0 unspecified atom stereocenters. The van der Waals surface area contributed by atoms with Crippen LogP contribution in [-0.4, -0.2) is 43.6 Å². The summed E-state index contributed by atoms with van der Waals surface area (Å²) < 4.78 is 7.88. The molecular weight excluding hydrogens is 416 g/mol. The highest BCUT2D eigenvalue weighted by atomic mass is 16.4. The lowest BCUT2D eigenvalue weighted by atomic mass is 9.86. The number of imidazole rings is 1. The lowest BCUT2D eigenvalue weighted by molar-refractivity contribution is 0.0876. The van der Waals surface area contributed by atoms with Crippen LogP contribution in [0.1, 0.15) is 68.6 Å². The van der Waals surface area contributed by atoms with Crippen LogP contribution in [0, 0.1) is 18.3 Å². The van der Waals surface area contributed by atoms with Crippen molar-refractivity contribution in [1.29, 1.82) is 0 Å². The Hall–Kier alpha value is -3.00. The molecule has 1 aliphatic rings. The Bertz CT molecular complexity index is 1110. The third-order valence-electron chi connectivity index (χ3n) is 5.89. The van der Waals surface area contributed by atoms with Gasteiger partial charge in [0.05, 0.1) is 5.69 Å². The van der Waals surface area contributed by atoms with E-state index < -0.39 is 6.04 Å². The highest BCUT2D eigenvalue weighted by Gasteiger charge is 2.35. The number of carbonyl (C=O) groups excluding carboxylic acids is 1. The van der Waals surface area contributed by atoms with Gasteiger partial charge in [-0.3, -0.25) is 9.69 Å². The lowest BCUT2D eigenvalue weighted by Gasteiger charge is -2.31. The van der Waals surface area contributed by atoms with Gasteiger partial charge in [0, 0.05) is 38.7 Å². The number of fused-ring (bicyclic) bond motifs is 1. The van der Waals surface area contributed by atoms with E-state index in [1.54, 1.807) is 6.92 Å². The number of nitrogens with one attached hydrogen (secondary N) is 1. The number of carbonyl (C=O) groups is 1. The van der Waals surface area contributed by atoms with E-state index in [9.17, 15) is 4.79 Å². The molecule has 0 spiro atoms. The van der Waals surface area contributed by atoms with Crippen LogP contribution in [0.3, 0.4) is 0 Å². The molecule has 176 valence electrons. The van der Waals surface area contributed by atoms with Crippen molar-refractivity contribution >= 4 is 5.91 Å². The number of hydrogen-bond donors (Lipinski definition) is 1. The number of benzene rings is 1. The van der Waals surface area contributed by atoms with Gasteiger partial charge in [-0.05, 0) is 11.3 Å². The van der Waals surface area contributed by atoms with Gasteiger partial charge in [-0.1, -0.05) is 65.0 Å². The predicted octanol–water partition coefficient (Wildman–Crippen LogP) is 4.23. The monoisotopic (exact) mass is 450 g/mol. The number of aryl methyl sites for hydroxylation is 1. The van der Waals surface area contributed by atoms with E-state index in [4.69, 9.17) is 9.40 Å². The van der Waals surface area contributed by atoms with Crippen LogP contribution in [0.5, 0.6) is 0 Å². The van der Waals surface area contributed by atoms with Crippen molar-refractivity contribution in [3.05, 3.63) is 53.5 Å². The molecule has 0 aliphatic carbocycles. The number of rotatable bonds is 6. The SMILES string of the molecule is Cc1nnc([C@@H](NC(=O)c2nc(-c3ccccc3)n3c2CN(CC(C)C)CC3)C(C)(C)C)o1. The summed E-state index contributed by atoms with van der Waals surface area (Å²) in [5.74, 6) is 2.05. The molecule has 1 amide bonds. The molecule has 0 saturated carbocycles. The van der Waals surface area contributed by atoms with Crippen molar-refractivity contribution in [2.45, 2.75) is 60.7 Å². The molecule has 1 atom stereocenters. The molecule has 4 rings (SSSR count). The summed E-state index contributed by atoms with van der Waals surface area (Å²) in [6.45, 7) is 15.7. The van der Waals surface area contributed by atoms with Crippen molar-refractivity contribution < 1.29 is 9.21 Å². The first kappa shape index (κ1) is 23.2. The van der Waals surface area contributed by atoms with Crippen molar-refractivity contribution in [2.75, 3.05) is 13.1 Å². The van der Waals surface area contributed by atoms with Crippen LogP contribution < -0.4 is 5.32 Å². The van der Waals surface area contributed by atoms with Gasteiger partial charge in [-0.2, -0.15) is 0 Å². The maximum absolute atomic E-state index is 13.6. The summed E-state index contributed by atoms with van der Waals surface area (Å²) in [5.41, 5.74) is 2.11. The zero-order valence-electron chi connectivity index (χ0n) is 20.4. The van der Waals surface area contributed by atoms with Crippen molar-refractivity contribution in [3.8, 4) is 11.4 Å². The van der Waals surface area contributed by atoms with E-state index in [0.29, 0.717) is 29.9 Å². The number of nitrogens with zero attached hydrogens (tertiary/aromatic N) is 5. The van der Waals surface area contributed by atoms with Crippen molar-refractivity contribution in [2.24, 2.45) is 11.3 Å².